The van der Waals surface area contributed by atoms with Gasteiger partial charge in [-0.3, -0.25) is 0 Å². The first kappa shape index (κ1) is 16.2. The number of esters is 1. The third kappa shape index (κ3) is 5.77. The van der Waals surface area contributed by atoms with Gasteiger partial charge in [0.2, 0.25) is 0 Å². The SMILES string of the molecule is CCCC1CCC(NC/C=C(/CC)C(=O)OC)CC1. The molecule has 1 fully saturated rings. The number of rotatable bonds is 7. The molecule has 3 nitrogen and oxygen atoms in total. The van der Waals surface area contributed by atoms with E-state index in [4.69, 9.17) is 4.74 Å². The normalized spacial score (nSPS) is 24.3. The van der Waals surface area contributed by atoms with Gasteiger partial charge in [0.25, 0.3) is 0 Å². The lowest BCUT2D eigenvalue weighted by atomic mass is 9.83. The zero-order chi connectivity index (χ0) is 14.1. The summed E-state index contributed by atoms with van der Waals surface area (Å²) in [6, 6.07) is 0.625. The second-order valence-corrected chi connectivity index (χ2v) is 5.49. The van der Waals surface area contributed by atoms with Gasteiger partial charge in [0.05, 0.1) is 7.11 Å². The van der Waals surface area contributed by atoms with Crippen molar-refractivity contribution >= 4 is 5.97 Å². The molecule has 0 saturated heterocycles. The van der Waals surface area contributed by atoms with Gasteiger partial charge >= 0.3 is 5.97 Å². The van der Waals surface area contributed by atoms with Gasteiger partial charge in [-0.2, -0.15) is 0 Å². The maximum absolute atomic E-state index is 11.4. The quantitative estimate of drug-likeness (QED) is 0.567. The number of carbonyl (C=O) groups is 1. The molecule has 0 amide bonds. The van der Waals surface area contributed by atoms with E-state index >= 15 is 0 Å². The summed E-state index contributed by atoms with van der Waals surface area (Å²) >= 11 is 0. The van der Waals surface area contributed by atoms with Crippen molar-refractivity contribution < 1.29 is 9.53 Å². The lowest BCUT2D eigenvalue weighted by molar-refractivity contribution is -0.136. The van der Waals surface area contributed by atoms with E-state index in [0.717, 1.165) is 24.5 Å². The highest BCUT2D eigenvalue weighted by Crippen LogP contribution is 2.27. The van der Waals surface area contributed by atoms with Gasteiger partial charge in [-0.1, -0.05) is 32.8 Å². The lowest BCUT2D eigenvalue weighted by Crippen LogP contribution is -2.33. The van der Waals surface area contributed by atoms with Crippen molar-refractivity contribution in [2.45, 2.75) is 64.8 Å². The van der Waals surface area contributed by atoms with Crippen molar-refractivity contribution in [3.63, 3.8) is 0 Å². The van der Waals surface area contributed by atoms with Gasteiger partial charge in [0.15, 0.2) is 0 Å². The van der Waals surface area contributed by atoms with Crippen molar-refractivity contribution in [1.29, 1.82) is 0 Å². The highest BCUT2D eigenvalue weighted by Gasteiger charge is 2.19. The van der Waals surface area contributed by atoms with Crippen LogP contribution in [0.2, 0.25) is 0 Å². The molecule has 1 aliphatic rings. The fraction of sp³-hybridized carbons (Fsp3) is 0.812. The number of nitrogens with one attached hydrogen (secondary N) is 1. The number of ether oxygens (including phenoxy) is 1. The Bertz CT molecular complexity index is 291. The standard InChI is InChI=1S/C16H29NO2/c1-4-6-13-7-9-15(10-8-13)17-12-11-14(5-2)16(18)19-3/h11,13,15,17H,4-10,12H2,1-3H3/b14-11-. The first-order valence-corrected chi connectivity index (χ1v) is 7.71. The Morgan fingerprint density at radius 1 is 1.26 bits per heavy atom. The minimum Gasteiger partial charge on any atom is -0.466 e. The van der Waals surface area contributed by atoms with Gasteiger partial charge in [-0.15, -0.1) is 0 Å². The molecule has 0 bridgehead atoms. The molecule has 0 aromatic heterocycles. The molecule has 1 rings (SSSR count). The van der Waals surface area contributed by atoms with E-state index in [1.54, 1.807) is 0 Å². The molecular weight excluding hydrogens is 238 g/mol. The fourth-order valence-corrected chi connectivity index (χ4v) is 2.92. The minimum absolute atomic E-state index is 0.198. The minimum atomic E-state index is -0.198. The van der Waals surface area contributed by atoms with E-state index in [1.165, 1.54) is 45.6 Å². The van der Waals surface area contributed by atoms with E-state index in [9.17, 15) is 4.79 Å². The van der Waals surface area contributed by atoms with Crippen LogP contribution in [0.15, 0.2) is 11.6 Å². The summed E-state index contributed by atoms with van der Waals surface area (Å²) in [6.45, 7) is 5.04. The number of hydrogen-bond acceptors (Lipinski definition) is 3. The van der Waals surface area contributed by atoms with Crippen LogP contribution in [0.4, 0.5) is 0 Å². The first-order chi connectivity index (χ1) is 9.21. The molecule has 1 saturated carbocycles. The Morgan fingerprint density at radius 3 is 2.47 bits per heavy atom. The maximum atomic E-state index is 11.4. The van der Waals surface area contributed by atoms with Crippen LogP contribution in [0.1, 0.15) is 58.8 Å². The highest BCUT2D eigenvalue weighted by atomic mass is 16.5. The zero-order valence-electron chi connectivity index (χ0n) is 12.7. The van der Waals surface area contributed by atoms with Gasteiger partial charge in [-0.25, -0.2) is 4.79 Å². The monoisotopic (exact) mass is 267 g/mol. The highest BCUT2D eigenvalue weighted by molar-refractivity contribution is 5.88. The van der Waals surface area contributed by atoms with E-state index in [-0.39, 0.29) is 5.97 Å². The van der Waals surface area contributed by atoms with Crippen LogP contribution in [0.25, 0.3) is 0 Å². The van der Waals surface area contributed by atoms with Gasteiger partial charge in [-0.05, 0) is 38.0 Å². The fourth-order valence-electron chi connectivity index (χ4n) is 2.92. The average molecular weight is 267 g/mol. The summed E-state index contributed by atoms with van der Waals surface area (Å²) in [4.78, 5) is 11.4. The third-order valence-electron chi connectivity index (χ3n) is 4.13. The maximum Gasteiger partial charge on any atom is 0.333 e. The third-order valence-corrected chi connectivity index (χ3v) is 4.13. The molecule has 0 aromatic carbocycles. The molecule has 1 aliphatic carbocycles. The number of hydrogen-bond donors (Lipinski definition) is 1. The van der Waals surface area contributed by atoms with Crippen LogP contribution in [0, 0.1) is 5.92 Å². The molecule has 0 spiro atoms. The summed E-state index contributed by atoms with van der Waals surface area (Å²) in [5, 5.41) is 3.54. The molecule has 0 radical (unpaired) electrons. The van der Waals surface area contributed by atoms with Crippen LogP contribution in [-0.4, -0.2) is 25.7 Å². The molecular formula is C16H29NO2. The van der Waals surface area contributed by atoms with E-state index in [2.05, 4.69) is 12.2 Å². The molecule has 0 unspecified atom stereocenters. The van der Waals surface area contributed by atoms with Gasteiger partial charge in [0.1, 0.15) is 0 Å². The molecule has 0 aliphatic heterocycles. The van der Waals surface area contributed by atoms with E-state index in [0.29, 0.717) is 6.04 Å². The Hall–Kier alpha value is -0.830. The Labute approximate surface area is 117 Å². The molecule has 0 heterocycles. The zero-order valence-corrected chi connectivity index (χ0v) is 12.7. The summed E-state index contributed by atoms with van der Waals surface area (Å²) in [5.41, 5.74) is 0.773. The molecule has 1 N–H and O–H groups in total. The summed E-state index contributed by atoms with van der Waals surface area (Å²) in [6.07, 6.45) is 10.7. The van der Waals surface area contributed by atoms with Crippen LogP contribution < -0.4 is 5.32 Å². The lowest BCUT2D eigenvalue weighted by Gasteiger charge is -2.28. The number of methoxy groups -OCH3 is 1. The van der Waals surface area contributed by atoms with Crippen molar-refractivity contribution in [3.05, 3.63) is 11.6 Å². The van der Waals surface area contributed by atoms with E-state index < -0.39 is 0 Å². The van der Waals surface area contributed by atoms with Gasteiger partial charge in [0, 0.05) is 18.2 Å². The molecule has 19 heavy (non-hydrogen) atoms. The van der Waals surface area contributed by atoms with Crippen molar-refractivity contribution in [2.24, 2.45) is 5.92 Å². The van der Waals surface area contributed by atoms with Crippen LogP contribution in [0.3, 0.4) is 0 Å². The van der Waals surface area contributed by atoms with Crippen LogP contribution >= 0.6 is 0 Å². The predicted octanol–water partition coefficient (Wildman–Crippen LogP) is 3.44. The van der Waals surface area contributed by atoms with Crippen molar-refractivity contribution in [1.82, 2.24) is 5.32 Å². The topological polar surface area (TPSA) is 38.3 Å². The summed E-state index contributed by atoms with van der Waals surface area (Å²) in [5.74, 6) is 0.746. The summed E-state index contributed by atoms with van der Waals surface area (Å²) < 4.78 is 4.75. The Morgan fingerprint density at radius 2 is 1.95 bits per heavy atom. The Balaban J connectivity index is 2.26. The first-order valence-electron chi connectivity index (χ1n) is 7.71. The second-order valence-electron chi connectivity index (χ2n) is 5.49. The van der Waals surface area contributed by atoms with Crippen molar-refractivity contribution in [2.75, 3.05) is 13.7 Å². The predicted molar refractivity (Wildman–Crippen MR) is 79.0 cm³/mol. The molecule has 3 heteroatoms. The van der Waals surface area contributed by atoms with Crippen LogP contribution in [-0.2, 0) is 9.53 Å². The average Bonchev–Trinajstić information content (AvgIpc) is 2.45. The van der Waals surface area contributed by atoms with Gasteiger partial charge < -0.3 is 10.1 Å². The molecule has 110 valence electrons. The molecule has 0 atom stereocenters. The van der Waals surface area contributed by atoms with Crippen LogP contribution in [0.5, 0.6) is 0 Å². The second kappa shape index (κ2) is 9.13. The Kier molecular flexibility index (Phi) is 7.80. The van der Waals surface area contributed by atoms with Crippen molar-refractivity contribution in [3.8, 4) is 0 Å². The smallest absolute Gasteiger partial charge is 0.333 e. The number of carbonyl (C=O) groups excluding carboxylic acids is 1. The summed E-state index contributed by atoms with van der Waals surface area (Å²) in [7, 11) is 1.44. The molecule has 0 aromatic rings. The largest absolute Gasteiger partial charge is 0.466 e. The van der Waals surface area contributed by atoms with E-state index in [1.807, 2.05) is 13.0 Å².